The molecule has 0 radical (unpaired) electrons. The minimum Gasteiger partial charge on any atom is -0.493 e. The first kappa shape index (κ1) is 20.4. The number of carbonyl (C=O) groups is 1. The van der Waals surface area contributed by atoms with E-state index < -0.39 is 30.8 Å². The summed E-state index contributed by atoms with van der Waals surface area (Å²) < 4.78 is 36.7. The largest absolute Gasteiger partial charge is 0.493 e. The summed E-state index contributed by atoms with van der Waals surface area (Å²) in [6.07, 6.45) is 0.108. The number of rotatable bonds is 6. The van der Waals surface area contributed by atoms with Crippen molar-refractivity contribution >= 4 is 18.3 Å². The number of hydrogen-bond acceptors (Lipinski definition) is 4. The minimum absolute atomic E-state index is 0. The molecule has 0 spiro atoms. The van der Waals surface area contributed by atoms with Gasteiger partial charge in [-0.25, -0.2) is 8.78 Å². The molecule has 8 heteroatoms. The molecular weight excluding hydrogens is 342 g/mol. The Labute approximate surface area is 146 Å². The monoisotopic (exact) mass is 364 g/mol. The van der Waals surface area contributed by atoms with Gasteiger partial charge in [-0.1, -0.05) is 6.07 Å². The summed E-state index contributed by atoms with van der Waals surface area (Å²) in [6.45, 7) is 1.39. The molecule has 0 aliphatic carbocycles. The van der Waals surface area contributed by atoms with Crippen LogP contribution in [0.25, 0.3) is 0 Å². The molecule has 1 amide bonds. The van der Waals surface area contributed by atoms with Crippen molar-refractivity contribution < 1.29 is 23.0 Å². The van der Waals surface area contributed by atoms with Gasteiger partial charge in [0.1, 0.15) is 0 Å². The van der Waals surface area contributed by atoms with Crippen molar-refractivity contribution in [3.8, 4) is 11.5 Å². The summed E-state index contributed by atoms with van der Waals surface area (Å²) in [4.78, 5) is 12.0. The zero-order chi connectivity index (χ0) is 17.0. The van der Waals surface area contributed by atoms with E-state index in [1.54, 1.807) is 20.3 Å². The molecule has 1 fully saturated rings. The molecule has 2 rings (SSSR count). The Morgan fingerprint density at radius 1 is 1.38 bits per heavy atom. The first-order valence-electron chi connectivity index (χ1n) is 7.47. The maximum absolute atomic E-state index is 13.1. The maximum atomic E-state index is 13.1. The third kappa shape index (κ3) is 5.21. The summed E-state index contributed by atoms with van der Waals surface area (Å²) in [5.74, 6) is -1.96. The third-order valence-electron chi connectivity index (χ3n) is 3.80. The molecule has 1 heterocycles. The average Bonchev–Trinajstić information content (AvgIpc) is 2.87. The van der Waals surface area contributed by atoms with Gasteiger partial charge in [0.2, 0.25) is 5.91 Å². The zero-order valence-electron chi connectivity index (χ0n) is 13.9. The number of ether oxygens (including phenoxy) is 2. The predicted molar refractivity (Wildman–Crippen MR) is 89.5 cm³/mol. The number of hydrogen-bond donors (Lipinski definition) is 2. The van der Waals surface area contributed by atoms with Crippen LogP contribution in [-0.4, -0.2) is 44.7 Å². The van der Waals surface area contributed by atoms with Crippen LogP contribution in [-0.2, 0) is 11.2 Å². The quantitative estimate of drug-likeness (QED) is 0.812. The number of carbonyl (C=O) groups excluding carboxylic acids is 1. The van der Waals surface area contributed by atoms with Crippen molar-refractivity contribution in [1.29, 1.82) is 0 Å². The van der Waals surface area contributed by atoms with Crippen LogP contribution in [0.4, 0.5) is 8.78 Å². The van der Waals surface area contributed by atoms with Gasteiger partial charge in [0, 0.05) is 12.5 Å². The Kier molecular flexibility index (Phi) is 7.23. The second-order valence-corrected chi connectivity index (χ2v) is 5.80. The highest BCUT2D eigenvalue weighted by atomic mass is 35.5. The van der Waals surface area contributed by atoms with Crippen LogP contribution in [0.1, 0.15) is 18.9 Å². The zero-order valence-corrected chi connectivity index (χ0v) is 14.7. The molecule has 1 aliphatic heterocycles. The smallest absolute Gasteiger partial charge is 0.262 e. The number of benzene rings is 1. The molecule has 2 N–H and O–H groups in total. The summed E-state index contributed by atoms with van der Waals surface area (Å²) in [7, 11) is 3.11. The van der Waals surface area contributed by atoms with Crippen LogP contribution in [0.2, 0.25) is 0 Å². The highest BCUT2D eigenvalue weighted by Gasteiger charge is 2.42. The first-order chi connectivity index (χ1) is 10.8. The molecule has 2 unspecified atom stereocenters. The van der Waals surface area contributed by atoms with Crippen LogP contribution in [0.5, 0.6) is 11.5 Å². The normalized spacial score (nSPS) is 20.0. The van der Waals surface area contributed by atoms with Crippen LogP contribution in [0.3, 0.4) is 0 Å². The molecule has 1 aromatic carbocycles. The SMILES string of the molecule is COc1ccc(CC(C)NC(=O)C2CC(F)(F)CN2)cc1OC.Cl. The van der Waals surface area contributed by atoms with Gasteiger partial charge in [0.15, 0.2) is 11.5 Å². The number of amides is 1. The van der Waals surface area contributed by atoms with E-state index in [2.05, 4.69) is 10.6 Å². The molecule has 0 saturated carbocycles. The highest BCUT2D eigenvalue weighted by molar-refractivity contribution is 5.85. The number of nitrogens with one attached hydrogen (secondary N) is 2. The second kappa shape index (κ2) is 8.48. The number of halogens is 3. The molecule has 1 saturated heterocycles. The van der Waals surface area contributed by atoms with E-state index >= 15 is 0 Å². The van der Waals surface area contributed by atoms with Gasteiger partial charge in [-0.15, -0.1) is 12.4 Å². The summed E-state index contributed by atoms with van der Waals surface area (Å²) >= 11 is 0. The lowest BCUT2D eigenvalue weighted by molar-refractivity contribution is -0.124. The van der Waals surface area contributed by atoms with Gasteiger partial charge in [0.05, 0.1) is 26.8 Å². The Hall–Kier alpha value is -1.60. The molecule has 1 aliphatic rings. The summed E-state index contributed by atoms with van der Waals surface area (Å²) in [6, 6.07) is 4.49. The molecule has 136 valence electrons. The van der Waals surface area contributed by atoms with Gasteiger partial charge >= 0.3 is 0 Å². The van der Waals surface area contributed by atoms with Crippen LogP contribution < -0.4 is 20.1 Å². The van der Waals surface area contributed by atoms with Gasteiger partial charge < -0.3 is 14.8 Å². The molecular formula is C16H23ClF2N2O3. The maximum Gasteiger partial charge on any atom is 0.262 e. The van der Waals surface area contributed by atoms with Gasteiger partial charge in [-0.05, 0) is 31.0 Å². The van der Waals surface area contributed by atoms with Gasteiger partial charge in [0.25, 0.3) is 5.92 Å². The van der Waals surface area contributed by atoms with Crippen molar-refractivity contribution in [3.05, 3.63) is 23.8 Å². The highest BCUT2D eigenvalue weighted by Crippen LogP contribution is 2.28. The third-order valence-corrected chi connectivity index (χ3v) is 3.80. The van der Waals surface area contributed by atoms with E-state index in [-0.39, 0.29) is 18.4 Å². The standard InChI is InChI=1S/C16H22F2N2O3.ClH/c1-10(20-15(21)12-8-16(17,18)9-19-12)6-11-4-5-13(22-2)14(7-11)23-3;/h4-5,7,10,12,19H,6,8-9H2,1-3H3,(H,20,21);1H. The predicted octanol–water partition coefficient (Wildman–Crippen LogP) is 2.17. The van der Waals surface area contributed by atoms with E-state index in [9.17, 15) is 13.6 Å². The Morgan fingerprint density at radius 2 is 2.04 bits per heavy atom. The van der Waals surface area contributed by atoms with Crippen LogP contribution in [0, 0.1) is 0 Å². The van der Waals surface area contributed by atoms with Crippen molar-refractivity contribution in [2.75, 3.05) is 20.8 Å². The summed E-state index contributed by atoms with van der Waals surface area (Å²) in [5.41, 5.74) is 0.958. The van der Waals surface area contributed by atoms with E-state index in [4.69, 9.17) is 9.47 Å². The second-order valence-electron chi connectivity index (χ2n) is 5.80. The van der Waals surface area contributed by atoms with Crippen molar-refractivity contribution in [3.63, 3.8) is 0 Å². The fourth-order valence-corrected chi connectivity index (χ4v) is 2.66. The van der Waals surface area contributed by atoms with Gasteiger partial charge in [-0.3, -0.25) is 10.1 Å². The number of alkyl halides is 2. The van der Waals surface area contributed by atoms with E-state index in [0.29, 0.717) is 17.9 Å². The molecule has 1 aromatic rings. The first-order valence-corrected chi connectivity index (χ1v) is 7.47. The lowest BCUT2D eigenvalue weighted by Gasteiger charge is -2.18. The Morgan fingerprint density at radius 3 is 2.58 bits per heavy atom. The average molecular weight is 365 g/mol. The number of methoxy groups -OCH3 is 2. The van der Waals surface area contributed by atoms with Crippen LogP contribution >= 0.6 is 12.4 Å². The van der Waals surface area contributed by atoms with E-state index in [1.807, 2.05) is 19.1 Å². The molecule has 0 aromatic heterocycles. The lowest BCUT2D eigenvalue weighted by Crippen LogP contribution is -2.44. The minimum atomic E-state index is -2.81. The molecule has 5 nitrogen and oxygen atoms in total. The fraction of sp³-hybridized carbons (Fsp3) is 0.562. The molecule has 0 bridgehead atoms. The summed E-state index contributed by atoms with van der Waals surface area (Å²) in [5, 5.41) is 5.32. The van der Waals surface area contributed by atoms with Gasteiger partial charge in [-0.2, -0.15) is 0 Å². The topological polar surface area (TPSA) is 59.6 Å². The Balaban J connectivity index is 0.00000288. The van der Waals surface area contributed by atoms with Crippen molar-refractivity contribution in [2.24, 2.45) is 0 Å². The molecule has 2 atom stereocenters. The van der Waals surface area contributed by atoms with E-state index in [1.165, 1.54) is 0 Å². The Bertz CT molecular complexity index is 572. The van der Waals surface area contributed by atoms with E-state index in [0.717, 1.165) is 5.56 Å². The van der Waals surface area contributed by atoms with Crippen LogP contribution in [0.15, 0.2) is 18.2 Å². The van der Waals surface area contributed by atoms with Crippen molar-refractivity contribution in [2.45, 2.75) is 37.8 Å². The molecule has 24 heavy (non-hydrogen) atoms. The fourth-order valence-electron chi connectivity index (χ4n) is 2.66. The van der Waals surface area contributed by atoms with Crippen molar-refractivity contribution in [1.82, 2.24) is 10.6 Å². The lowest BCUT2D eigenvalue weighted by atomic mass is 10.1.